The molecule has 0 aliphatic carbocycles. The van der Waals surface area contributed by atoms with Gasteiger partial charge in [-0.1, -0.05) is 61.4 Å². The van der Waals surface area contributed by atoms with Gasteiger partial charge in [0.2, 0.25) is 11.8 Å². The minimum atomic E-state index is -4.09. The SMILES string of the molecule is CCCNC(=O)[C@@H](CC)N(Cc1ccc(C)cc1)C(=O)CN(c1ccc(C)cc1)S(=O)(=O)c1ccc(SC)cc1. The molecule has 7 nitrogen and oxygen atoms in total. The summed E-state index contributed by atoms with van der Waals surface area (Å²) >= 11 is 1.52. The Morgan fingerprint density at radius 2 is 1.45 bits per heavy atom. The van der Waals surface area contributed by atoms with Crippen molar-refractivity contribution in [3.05, 3.63) is 89.5 Å². The summed E-state index contributed by atoms with van der Waals surface area (Å²) in [5, 5.41) is 2.91. The van der Waals surface area contributed by atoms with Gasteiger partial charge in [-0.05, 0) is 74.9 Å². The molecule has 1 N–H and O–H groups in total. The monoisotopic (exact) mass is 581 g/mol. The van der Waals surface area contributed by atoms with Gasteiger partial charge in [0.05, 0.1) is 10.6 Å². The van der Waals surface area contributed by atoms with E-state index in [1.165, 1.54) is 16.7 Å². The zero-order valence-corrected chi connectivity index (χ0v) is 25.5. The van der Waals surface area contributed by atoms with Crippen LogP contribution in [-0.2, 0) is 26.2 Å². The lowest BCUT2D eigenvalue weighted by molar-refractivity contribution is -0.140. The molecule has 0 aromatic heterocycles. The molecule has 3 aromatic rings. The number of aryl methyl sites for hydroxylation is 2. The molecule has 0 heterocycles. The summed E-state index contributed by atoms with van der Waals surface area (Å²) in [6, 6.07) is 20.7. The summed E-state index contributed by atoms with van der Waals surface area (Å²) < 4.78 is 29.1. The predicted molar refractivity (Wildman–Crippen MR) is 163 cm³/mol. The third-order valence-electron chi connectivity index (χ3n) is 6.66. The molecular weight excluding hydrogens is 542 g/mol. The van der Waals surface area contributed by atoms with Crippen LogP contribution < -0.4 is 9.62 Å². The number of sulfonamides is 1. The number of amides is 2. The van der Waals surface area contributed by atoms with E-state index in [2.05, 4.69) is 5.32 Å². The Labute approximate surface area is 243 Å². The lowest BCUT2D eigenvalue weighted by Crippen LogP contribution is -2.52. The van der Waals surface area contributed by atoms with Gasteiger partial charge in [-0.3, -0.25) is 13.9 Å². The Hall–Kier alpha value is -3.30. The number of benzene rings is 3. The fraction of sp³-hybridized carbons (Fsp3) is 0.355. The maximum atomic E-state index is 14.1. The van der Waals surface area contributed by atoms with Crippen LogP contribution in [0, 0.1) is 13.8 Å². The van der Waals surface area contributed by atoms with Crippen molar-refractivity contribution in [2.45, 2.75) is 62.9 Å². The molecule has 0 saturated heterocycles. The van der Waals surface area contributed by atoms with Crippen molar-refractivity contribution in [2.75, 3.05) is 23.7 Å². The van der Waals surface area contributed by atoms with E-state index in [0.717, 1.165) is 32.3 Å². The largest absolute Gasteiger partial charge is 0.354 e. The zero-order valence-electron chi connectivity index (χ0n) is 23.9. The predicted octanol–water partition coefficient (Wildman–Crippen LogP) is 5.55. The van der Waals surface area contributed by atoms with Crippen molar-refractivity contribution in [3.63, 3.8) is 0 Å². The van der Waals surface area contributed by atoms with Crippen molar-refractivity contribution in [1.29, 1.82) is 0 Å². The number of nitrogens with one attached hydrogen (secondary N) is 1. The quantitative estimate of drug-likeness (QED) is 0.267. The van der Waals surface area contributed by atoms with E-state index in [1.807, 2.05) is 70.3 Å². The number of nitrogens with zero attached hydrogens (tertiary/aromatic N) is 2. The summed E-state index contributed by atoms with van der Waals surface area (Å²) in [5.41, 5.74) is 3.29. The molecule has 214 valence electrons. The van der Waals surface area contributed by atoms with Crippen LogP contribution in [0.25, 0.3) is 0 Å². The first-order chi connectivity index (χ1) is 19.1. The van der Waals surface area contributed by atoms with Crippen molar-refractivity contribution >= 4 is 39.3 Å². The number of hydrogen-bond acceptors (Lipinski definition) is 5. The Morgan fingerprint density at radius 1 is 0.875 bits per heavy atom. The van der Waals surface area contributed by atoms with Gasteiger partial charge in [0, 0.05) is 18.0 Å². The first-order valence-electron chi connectivity index (χ1n) is 13.5. The number of rotatable bonds is 13. The van der Waals surface area contributed by atoms with Crippen LogP contribution in [0.5, 0.6) is 0 Å². The lowest BCUT2D eigenvalue weighted by Gasteiger charge is -2.33. The van der Waals surface area contributed by atoms with E-state index in [9.17, 15) is 18.0 Å². The fourth-order valence-electron chi connectivity index (χ4n) is 4.29. The van der Waals surface area contributed by atoms with E-state index in [0.29, 0.717) is 18.7 Å². The van der Waals surface area contributed by atoms with Crippen LogP contribution in [0.15, 0.2) is 82.6 Å². The molecule has 3 rings (SSSR count). The van der Waals surface area contributed by atoms with Gasteiger partial charge in [-0.15, -0.1) is 11.8 Å². The third-order valence-corrected chi connectivity index (χ3v) is 9.19. The van der Waals surface area contributed by atoms with Gasteiger partial charge in [0.25, 0.3) is 10.0 Å². The molecule has 0 aliphatic rings. The zero-order chi connectivity index (χ0) is 29.3. The summed E-state index contributed by atoms with van der Waals surface area (Å²) in [5.74, 6) is -0.703. The van der Waals surface area contributed by atoms with Crippen LogP contribution in [0.3, 0.4) is 0 Å². The molecule has 0 saturated carbocycles. The minimum Gasteiger partial charge on any atom is -0.354 e. The second-order valence-electron chi connectivity index (χ2n) is 9.75. The van der Waals surface area contributed by atoms with Crippen molar-refractivity contribution in [1.82, 2.24) is 10.2 Å². The molecule has 40 heavy (non-hydrogen) atoms. The van der Waals surface area contributed by atoms with Gasteiger partial charge in [-0.2, -0.15) is 0 Å². The number of hydrogen-bond donors (Lipinski definition) is 1. The number of carbonyl (C=O) groups is 2. The molecule has 9 heteroatoms. The van der Waals surface area contributed by atoms with Gasteiger partial charge in [0.15, 0.2) is 0 Å². The molecular formula is C31H39N3O4S2. The van der Waals surface area contributed by atoms with Crippen LogP contribution in [0.1, 0.15) is 43.4 Å². The van der Waals surface area contributed by atoms with Crippen LogP contribution in [0.2, 0.25) is 0 Å². The molecule has 0 spiro atoms. The third kappa shape index (κ3) is 7.88. The summed E-state index contributed by atoms with van der Waals surface area (Å²) in [4.78, 5) is 29.7. The first kappa shape index (κ1) is 31.2. The fourth-order valence-corrected chi connectivity index (χ4v) is 6.11. The maximum Gasteiger partial charge on any atom is 0.264 e. The van der Waals surface area contributed by atoms with Crippen molar-refractivity contribution < 1.29 is 18.0 Å². The average Bonchev–Trinajstić information content (AvgIpc) is 2.96. The van der Waals surface area contributed by atoms with Crippen LogP contribution >= 0.6 is 11.8 Å². The molecule has 3 aromatic carbocycles. The van der Waals surface area contributed by atoms with Gasteiger partial charge in [0.1, 0.15) is 12.6 Å². The lowest BCUT2D eigenvalue weighted by atomic mass is 10.1. The highest BCUT2D eigenvalue weighted by Crippen LogP contribution is 2.27. The van der Waals surface area contributed by atoms with Gasteiger partial charge >= 0.3 is 0 Å². The second-order valence-corrected chi connectivity index (χ2v) is 12.5. The molecule has 1 atom stereocenters. The van der Waals surface area contributed by atoms with Crippen molar-refractivity contribution in [3.8, 4) is 0 Å². The summed E-state index contributed by atoms with van der Waals surface area (Å²) in [7, 11) is -4.09. The Kier molecular flexibility index (Phi) is 11.2. The van der Waals surface area contributed by atoms with Crippen molar-refractivity contribution in [2.24, 2.45) is 0 Å². The van der Waals surface area contributed by atoms with Gasteiger partial charge < -0.3 is 10.2 Å². The minimum absolute atomic E-state index is 0.0940. The van der Waals surface area contributed by atoms with Crippen LogP contribution in [0.4, 0.5) is 5.69 Å². The Morgan fingerprint density at radius 3 is 1.98 bits per heavy atom. The highest BCUT2D eigenvalue weighted by Gasteiger charge is 2.33. The first-order valence-corrected chi connectivity index (χ1v) is 16.1. The number of carbonyl (C=O) groups excluding carboxylic acids is 2. The number of anilines is 1. The maximum absolute atomic E-state index is 14.1. The van der Waals surface area contributed by atoms with E-state index < -0.39 is 28.5 Å². The normalized spacial score (nSPS) is 12.0. The van der Waals surface area contributed by atoms with E-state index >= 15 is 0 Å². The molecule has 0 radical (unpaired) electrons. The average molecular weight is 582 g/mol. The Balaban J connectivity index is 2.04. The van der Waals surface area contributed by atoms with Crippen LogP contribution in [-0.4, -0.2) is 50.5 Å². The van der Waals surface area contributed by atoms with E-state index in [1.54, 1.807) is 36.4 Å². The highest BCUT2D eigenvalue weighted by atomic mass is 32.2. The molecule has 0 fully saturated rings. The molecule has 0 bridgehead atoms. The highest BCUT2D eigenvalue weighted by molar-refractivity contribution is 7.98. The van der Waals surface area contributed by atoms with Gasteiger partial charge in [-0.25, -0.2) is 8.42 Å². The molecule has 0 aliphatic heterocycles. The Bertz CT molecular complexity index is 1370. The standard InChI is InChI=1S/C31H39N3O4S2/c1-6-20-32-31(36)29(7-2)33(21-25-12-8-23(3)9-13-25)30(35)22-34(26-14-10-24(4)11-15-26)40(37,38)28-18-16-27(39-5)17-19-28/h8-19,29H,6-7,20-22H2,1-5H3,(H,32,36)/t29-/m1/s1. The molecule has 2 amide bonds. The smallest absolute Gasteiger partial charge is 0.264 e. The van der Waals surface area contributed by atoms with E-state index in [-0.39, 0.29) is 17.3 Å². The van der Waals surface area contributed by atoms with E-state index in [4.69, 9.17) is 0 Å². The molecule has 0 unspecified atom stereocenters. The summed E-state index contributed by atoms with van der Waals surface area (Å²) in [6.45, 7) is 7.95. The topological polar surface area (TPSA) is 86.8 Å². The number of thioether (sulfide) groups is 1. The second kappa shape index (κ2) is 14.4. The summed E-state index contributed by atoms with van der Waals surface area (Å²) in [6.07, 6.45) is 3.08.